The first-order valence-corrected chi connectivity index (χ1v) is 4.75. The van der Waals surface area contributed by atoms with E-state index in [1.807, 2.05) is 0 Å². The summed E-state index contributed by atoms with van der Waals surface area (Å²) in [6, 6.07) is 0. The Morgan fingerprint density at radius 1 is 1.25 bits per heavy atom. The highest BCUT2D eigenvalue weighted by molar-refractivity contribution is 5.82. The maximum absolute atomic E-state index is 12.1. The largest absolute Gasteiger partial charge is 0.471 e. The third kappa shape index (κ3) is 4.99. The van der Waals surface area contributed by atoms with E-state index in [2.05, 4.69) is 4.74 Å². The zero-order chi connectivity index (χ0) is 12.8. The highest BCUT2D eigenvalue weighted by Crippen LogP contribution is 2.18. The van der Waals surface area contributed by atoms with Crippen LogP contribution in [-0.2, 0) is 14.3 Å². The molecule has 0 heterocycles. The highest BCUT2D eigenvalue weighted by Gasteiger charge is 2.42. The van der Waals surface area contributed by atoms with Crippen LogP contribution in [0.3, 0.4) is 0 Å². The number of carbonyl (C=O) groups excluding carboxylic acids is 2. The third-order valence-corrected chi connectivity index (χ3v) is 1.84. The van der Waals surface area contributed by atoms with Crippen molar-refractivity contribution in [1.29, 1.82) is 0 Å². The van der Waals surface area contributed by atoms with Gasteiger partial charge in [0.2, 0.25) is 0 Å². The smallest absolute Gasteiger partial charge is 0.469 e. The van der Waals surface area contributed by atoms with Gasteiger partial charge in [0, 0.05) is 13.1 Å². The number of halogens is 3. The maximum atomic E-state index is 12.1. The predicted molar refractivity (Wildman–Crippen MR) is 49.6 cm³/mol. The number of methoxy groups -OCH3 is 1. The molecule has 0 spiro atoms. The summed E-state index contributed by atoms with van der Waals surface area (Å²) in [5.41, 5.74) is 0. The Kier molecular flexibility index (Phi) is 5.84. The van der Waals surface area contributed by atoms with Crippen molar-refractivity contribution in [2.45, 2.75) is 25.9 Å². The molecule has 0 unspecified atom stereocenters. The minimum absolute atomic E-state index is 0.0324. The molecule has 0 saturated heterocycles. The quantitative estimate of drug-likeness (QED) is 0.682. The summed E-state index contributed by atoms with van der Waals surface area (Å²) < 4.78 is 40.7. The van der Waals surface area contributed by atoms with E-state index in [4.69, 9.17) is 0 Å². The van der Waals surface area contributed by atoms with E-state index in [1.54, 1.807) is 6.92 Å². The monoisotopic (exact) mass is 241 g/mol. The Morgan fingerprint density at radius 3 is 2.19 bits per heavy atom. The van der Waals surface area contributed by atoms with Crippen LogP contribution in [0.1, 0.15) is 19.8 Å². The highest BCUT2D eigenvalue weighted by atomic mass is 19.4. The summed E-state index contributed by atoms with van der Waals surface area (Å²) >= 11 is 0. The molecule has 0 rings (SSSR count). The average Bonchev–Trinajstić information content (AvgIpc) is 2.21. The van der Waals surface area contributed by atoms with Gasteiger partial charge in [0.1, 0.15) is 0 Å². The van der Waals surface area contributed by atoms with Crippen molar-refractivity contribution in [3.63, 3.8) is 0 Å². The molecule has 0 fully saturated rings. The van der Waals surface area contributed by atoms with E-state index in [0.717, 1.165) is 7.11 Å². The number of hydrogen-bond donors (Lipinski definition) is 0. The molecule has 0 aromatic carbocycles. The molecule has 0 radical (unpaired) electrons. The lowest BCUT2D eigenvalue weighted by Crippen LogP contribution is -2.42. The van der Waals surface area contributed by atoms with Gasteiger partial charge in [-0.15, -0.1) is 0 Å². The summed E-state index contributed by atoms with van der Waals surface area (Å²) in [7, 11) is 1.14. The molecule has 0 aliphatic carbocycles. The first kappa shape index (κ1) is 14.7. The van der Waals surface area contributed by atoms with Gasteiger partial charge in [0.05, 0.1) is 13.5 Å². The maximum Gasteiger partial charge on any atom is 0.471 e. The zero-order valence-corrected chi connectivity index (χ0v) is 9.13. The van der Waals surface area contributed by atoms with Crippen LogP contribution in [0.15, 0.2) is 0 Å². The van der Waals surface area contributed by atoms with Gasteiger partial charge in [-0.1, -0.05) is 6.92 Å². The lowest BCUT2D eigenvalue weighted by molar-refractivity contribution is -0.185. The Balaban J connectivity index is 4.38. The van der Waals surface area contributed by atoms with Crippen LogP contribution in [0.4, 0.5) is 13.2 Å². The molecule has 4 nitrogen and oxygen atoms in total. The lowest BCUT2D eigenvalue weighted by atomic mass is 10.3. The Bertz CT molecular complexity index is 253. The van der Waals surface area contributed by atoms with Crippen LogP contribution in [0.25, 0.3) is 0 Å². The molecular weight excluding hydrogens is 227 g/mol. The second kappa shape index (κ2) is 6.34. The second-order valence-electron chi connectivity index (χ2n) is 3.12. The molecule has 0 atom stereocenters. The average molecular weight is 241 g/mol. The predicted octanol–water partition coefficient (Wildman–Crippen LogP) is 1.35. The van der Waals surface area contributed by atoms with Gasteiger partial charge in [0.15, 0.2) is 0 Å². The van der Waals surface area contributed by atoms with Crippen molar-refractivity contribution in [1.82, 2.24) is 4.90 Å². The SMILES string of the molecule is CCCN(CCC(=O)OC)C(=O)C(F)(F)F. The van der Waals surface area contributed by atoms with E-state index < -0.39 is 18.1 Å². The fraction of sp³-hybridized carbons (Fsp3) is 0.778. The number of carbonyl (C=O) groups is 2. The molecule has 0 aromatic heterocycles. The number of hydrogen-bond acceptors (Lipinski definition) is 3. The fourth-order valence-electron chi connectivity index (χ4n) is 1.09. The van der Waals surface area contributed by atoms with Crippen LogP contribution in [0.5, 0.6) is 0 Å². The minimum atomic E-state index is -4.90. The molecule has 7 heteroatoms. The van der Waals surface area contributed by atoms with Crippen LogP contribution in [0, 0.1) is 0 Å². The van der Waals surface area contributed by atoms with Gasteiger partial charge in [-0.25, -0.2) is 0 Å². The molecule has 0 aromatic rings. The van der Waals surface area contributed by atoms with Crippen molar-refractivity contribution >= 4 is 11.9 Å². The molecule has 0 aliphatic rings. The number of esters is 1. The van der Waals surface area contributed by atoms with E-state index in [0.29, 0.717) is 11.3 Å². The molecule has 1 amide bonds. The molecule has 94 valence electrons. The van der Waals surface area contributed by atoms with E-state index in [-0.39, 0.29) is 19.5 Å². The molecule has 16 heavy (non-hydrogen) atoms. The van der Waals surface area contributed by atoms with Crippen molar-refractivity contribution in [3.05, 3.63) is 0 Å². The molecular formula is C9H14F3NO3. The topological polar surface area (TPSA) is 46.6 Å². The van der Waals surface area contributed by atoms with Crippen LogP contribution < -0.4 is 0 Å². The second-order valence-corrected chi connectivity index (χ2v) is 3.12. The first-order chi connectivity index (χ1) is 7.32. The van der Waals surface area contributed by atoms with Gasteiger partial charge in [-0.3, -0.25) is 9.59 Å². The standard InChI is InChI=1S/C9H14F3NO3/c1-3-5-13(6-4-7(14)16-2)8(15)9(10,11)12/h3-6H2,1-2H3. The molecule has 0 bridgehead atoms. The Labute approximate surface area is 91.4 Å². The summed E-state index contributed by atoms with van der Waals surface area (Å²) in [4.78, 5) is 22.3. The number of alkyl halides is 3. The van der Waals surface area contributed by atoms with Gasteiger partial charge in [-0.05, 0) is 6.42 Å². The Hall–Kier alpha value is -1.27. The molecule has 0 N–H and O–H groups in total. The van der Waals surface area contributed by atoms with Crippen molar-refractivity contribution in [2.75, 3.05) is 20.2 Å². The summed E-state index contributed by atoms with van der Waals surface area (Å²) in [6.45, 7) is 1.34. The van der Waals surface area contributed by atoms with Crippen LogP contribution in [-0.4, -0.2) is 43.2 Å². The van der Waals surface area contributed by atoms with Crippen LogP contribution in [0.2, 0.25) is 0 Å². The summed E-state index contributed by atoms with van der Waals surface area (Å²) in [5, 5.41) is 0. The normalized spacial score (nSPS) is 11.1. The fourth-order valence-corrected chi connectivity index (χ4v) is 1.09. The van der Waals surface area contributed by atoms with Crippen molar-refractivity contribution in [2.24, 2.45) is 0 Å². The minimum Gasteiger partial charge on any atom is -0.469 e. The number of ether oxygens (including phenoxy) is 1. The summed E-state index contributed by atoms with van der Waals surface area (Å²) in [5.74, 6) is -2.56. The van der Waals surface area contributed by atoms with Gasteiger partial charge >= 0.3 is 18.1 Å². The third-order valence-electron chi connectivity index (χ3n) is 1.84. The zero-order valence-electron chi connectivity index (χ0n) is 9.13. The lowest BCUT2D eigenvalue weighted by Gasteiger charge is -2.22. The molecule has 0 aliphatic heterocycles. The number of nitrogens with zero attached hydrogens (tertiary/aromatic N) is 1. The summed E-state index contributed by atoms with van der Waals surface area (Å²) in [6.07, 6.45) is -4.74. The van der Waals surface area contributed by atoms with E-state index >= 15 is 0 Å². The Morgan fingerprint density at radius 2 is 1.81 bits per heavy atom. The number of rotatable bonds is 5. The van der Waals surface area contributed by atoms with Gasteiger partial charge in [0.25, 0.3) is 0 Å². The van der Waals surface area contributed by atoms with Crippen molar-refractivity contribution in [3.8, 4) is 0 Å². The first-order valence-electron chi connectivity index (χ1n) is 4.75. The van der Waals surface area contributed by atoms with E-state index in [1.165, 1.54) is 0 Å². The van der Waals surface area contributed by atoms with E-state index in [9.17, 15) is 22.8 Å². The van der Waals surface area contributed by atoms with Crippen molar-refractivity contribution < 1.29 is 27.5 Å². The van der Waals surface area contributed by atoms with Crippen LogP contribution >= 0.6 is 0 Å². The molecule has 0 saturated carbocycles. The number of amides is 1. The van der Waals surface area contributed by atoms with Gasteiger partial charge < -0.3 is 9.64 Å². The van der Waals surface area contributed by atoms with Gasteiger partial charge in [-0.2, -0.15) is 13.2 Å².